The van der Waals surface area contributed by atoms with E-state index in [1.165, 1.54) is 0 Å². The van der Waals surface area contributed by atoms with E-state index in [9.17, 15) is 4.79 Å². The first kappa shape index (κ1) is 13.2. The summed E-state index contributed by atoms with van der Waals surface area (Å²) in [5.74, 6) is 2.08. The van der Waals surface area contributed by atoms with Crippen molar-refractivity contribution < 1.29 is 19.0 Å². The van der Waals surface area contributed by atoms with Crippen LogP contribution in [-0.4, -0.2) is 32.5 Å². The SMILES string of the molecule is O=C(CC1CCOC1)NCCc1ccc2c(c1)OCO2. The van der Waals surface area contributed by atoms with E-state index < -0.39 is 0 Å². The standard InChI is InChI=1S/C15H19NO4/c17-15(8-12-4-6-18-9-12)16-5-3-11-1-2-13-14(7-11)20-10-19-13/h1-2,7,12H,3-6,8-10H2,(H,16,17). The fourth-order valence-corrected chi connectivity index (χ4v) is 2.52. The van der Waals surface area contributed by atoms with Crippen molar-refractivity contribution in [1.29, 1.82) is 0 Å². The van der Waals surface area contributed by atoms with E-state index >= 15 is 0 Å². The molecular formula is C15H19NO4. The minimum absolute atomic E-state index is 0.112. The number of benzene rings is 1. The van der Waals surface area contributed by atoms with Crippen LogP contribution in [0.15, 0.2) is 18.2 Å². The molecule has 0 radical (unpaired) electrons. The van der Waals surface area contributed by atoms with Crippen LogP contribution < -0.4 is 14.8 Å². The van der Waals surface area contributed by atoms with E-state index in [1.54, 1.807) is 0 Å². The van der Waals surface area contributed by atoms with E-state index in [0.29, 0.717) is 25.7 Å². The number of rotatable bonds is 5. The molecule has 1 unspecified atom stereocenters. The van der Waals surface area contributed by atoms with Crippen LogP contribution in [0, 0.1) is 5.92 Å². The second-order valence-corrected chi connectivity index (χ2v) is 5.22. The Morgan fingerprint density at radius 3 is 3.05 bits per heavy atom. The predicted octanol–water partition coefficient (Wildman–Crippen LogP) is 1.50. The van der Waals surface area contributed by atoms with E-state index in [4.69, 9.17) is 14.2 Å². The molecule has 2 heterocycles. The van der Waals surface area contributed by atoms with Gasteiger partial charge < -0.3 is 19.5 Å². The van der Waals surface area contributed by atoms with Gasteiger partial charge in [-0.15, -0.1) is 0 Å². The first-order valence-electron chi connectivity index (χ1n) is 7.04. The van der Waals surface area contributed by atoms with Crippen LogP contribution in [0.25, 0.3) is 0 Å². The van der Waals surface area contributed by atoms with Crippen LogP contribution in [0.2, 0.25) is 0 Å². The first-order chi connectivity index (χ1) is 9.81. The molecule has 0 spiro atoms. The molecule has 1 aromatic rings. The van der Waals surface area contributed by atoms with Crippen LogP contribution in [0.4, 0.5) is 0 Å². The highest BCUT2D eigenvalue weighted by Gasteiger charge is 2.18. The van der Waals surface area contributed by atoms with Crippen molar-refractivity contribution in [3.05, 3.63) is 23.8 Å². The lowest BCUT2D eigenvalue weighted by molar-refractivity contribution is -0.122. The van der Waals surface area contributed by atoms with Gasteiger partial charge in [-0.05, 0) is 36.5 Å². The second kappa shape index (κ2) is 6.13. The molecule has 0 bridgehead atoms. The molecule has 1 atom stereocenters. The molecule has 5 heteroatoms. The molecule has 5 nitrogen and oxygen atoms in total. The molecule has 3 rings (SSSR count). The fraction of sp³-hybridized carbons (Fsp3) is 0.533. The normalized spacial score (nSPS) is 20.1. The van der Waals surface area contributed by atoms with E-state index in [1.807, 2.05) is 18.2 Å². The number of ether oxygens (including phenoxy) is 3. The number of amides is 1. The number of nitrogens with one attached hydrogen (secondary N) is 1. The summed E-state index contributed by atoms with van der Waals surface area (Å²) in [6.45, 7) is 2.44. The fourth-order valence-electron chi connectivity index (χ4n) is 2.52. The Morgan fingerprint density at radius 2 is 2.20 bits per heavy atom. The highest BCUT2D eigenvalue weighted by Crippen LogP contribution is 2.32. The summed E-state index contributed by atoms with van der Waals surface area (Å²) in [6, 6.07) is 5.89. The van der Waals surface area contributed by atoms with Gasteiger partial charge in [-0.2, -0.15) is 0 Å². The van der Waals surface area contributed by atoms with Crippen molar-refractivity contribution >= 4 is 5.91 Å². The summed E-state index contributed by atoms with van der Waals surface area (Å²) in [6.07, 6.45) is 2.36. The monoisotopic (exact) mass is 277 g/mol. The number of hydrogen-bond acceptors (Lipinski definition) is 4. The van der Waals surface area contributed by atoms with Crippen molar-refractivity contribution in [2.24, 2.45) is 5.92 Å². The van der Waals surface area contributed by atoms with Crippen LogP contribution in [0.3, 0.4) is 0 Å². The smallest absolute Gasteiger partial charge is 0.231 e. The van der Waals surface area contributed by atoms with E-state index in [0.717, 1.165) is 43.1 Å². The van der Waals surface area contributed by atoms with E-state index in [2.05, 4.69) is 5.32 Å². The van der Waals surface area contributed by atoms with Crippen molar-refractivity contribution in [3.63, 3.8) is 0 Å². The topological polar surface area (TPSA) is 56.8 Å². The Balaban J connectivity index is 1.42. The van der Waals surface area contributed by atoms with Gasteiger partial charge in [-0.3, -0.25) is 4.79 Å². The van der Waals surface area contributed by atoms with Crippen molar-refractivity contribution in [2.75, 3.05) is 26.6 Å². The lowest BCUT2D eigenvalue weighted by atomic mass is 10.0. The summed E-state index contributed by atoms with van der Waals surface area (Å²) in [5.41, 5.74) is 1.14. The Bertz CT molecular complexity index is 483. The molecule has 0 aliphatic carbocycles. The maximum atomic E-state index is 11.8. The van der Waals surface area contributed by atoms with Gasteiger partial charge in [0.2, 0.25) is 12.7 Å². The molecule has 1 amide bonds. The van der Waals surface area contributed by atoms with Crippen LogP contribution in [0.1, 0.15) is 18.4 Å². The molecule has 108 valence electrons. The lowest BCUT2D eigenvalue weighted by Crippen LogP contribution is -2.27. The highest BCUT2D eigenvalue weighted by molar-refractivity contribution is 5.76. The molecule has 2 aliphatic rings. The number of carbonyl (C=O) groups excluding carboxylic acids is 1. The summed E-state index contributed by atoms with van der Waals surface area (Å²) in [7, 11) is 0. The maximum Gasteiger partial charge on any atom is 0.231 e. The maximum absolute atomic E-state index is 11.8. The quantitative estimate of drug-likeness (QED) is 0.886. The molecule has 1 saturated heterocycles. The minimum Gasteiger partial charge on any atom is -0.454 e. The largest absolute Gasteiger partial charge is 0.454 e. The Kier molecular flexibility index (Phi) is 4.06. The third-order valence-electron chi connectivity index (χ3n) is 3.67. The van der Waals surface area contributed by atoms with Crippen molar-refractivity contribution in [1.82, 2.24) is 5.32 Å². The summed E-state index contributed by atoms with van der Waals surface area (Å²) in [5, 5.41) is 2.96. The van der Waals surface area contributed by atoms with Gasteiger partial charge in [0.1, 0.15) is 0 Å². The molecule has 20 heavy (non-hydrogen) atoms. The molecular weight excluding hydrogens is 258 g/mol. The van der Waals surface area contributed by atoms with Gasteiger partial charge >= 0.3 is 0 Å². The molecule has 1 N–H and O–H groups in total. The van der Waals surface area contributed by atoms with Crippen LogP contribution in [-0.2, 0) is 16.0 Å². The van der Waals surface area contributed by atoms with Gasteiger partial charge in [-0.1, -0.05) is 6.07 Å². The molecule has 2 aliphatic heterocycles. The summed E-state index contributed by atoms with van der Waals surface area (Å²) in [4.78, 5) is 11.8. The number of carbonyl (C=O) groups is 1. The molecule has 0 saturated carbocycles. The molecule has 1 fully saturated rings. The zero-order chi connectivity index (χ0) is 13.8. The Labute approximate surface area is 118 Å². The zero-order valence-electron chi connectivity index (χ0n) is 11.4. The number of fused-ring (bicyclic) bond motifs is 1. The van der Waals surface area contributed by atoms with Gasteiger partial charge in [-0.25, -0.2) is 0 Å². The lowest BCUT2D eigenvalue weighted by Gasteiger charge is -2.09. The third kappa shape index (κ3) is 3.22. The summed E-state index contributed by atoms with van der Waals surface area (Å²) >= 11 is 0. The zero-order valence-corrected chi connectivity index (χ0v) is 11.4. The Hall–Kier alpha value is -1.75. The van der Waals surface area contributed by atoms with Gasteiger partial charge in [0, 0.05) is 26.2 Å². The average molecular weight is 277 g/mol. The average Bonchev–Trinajstić information content (AvgIpc) is 3.09. The molecule has 1 aromatic carbocycles. The van der Waals surface area contributed by atoms with Crippen molar-refractivity contribution in [2.45, 2.75) is 19.3 Å². The van der Waals surface area contributed by atoms with Crippen LogP contribution >= 0.6 is 0 Å². The molecule has 0 aromatic heterocycles. The van der Waals surface area contributed by atoms with Crippen LogP contribution in [0.5, 0.6) is 11.5 Å². The van der Waals surface area contributed by atoms with Crippen molar-refractivity contribution in [3.8, 4) is 11.5 Å². The Morgan fingerprint density at radius 1 is 1.30 bits per heavy atom. The predicted molar refractivity (Wildman–Crippen MR) is 72.8 cm³/mol. The number of hydrogen-bond donors (Lipinski definition) is 1. The van der Waals surface area contributed by atoms with Gasteiger partial charge in [0.15, 0.2) is 11.5 Å². The van der Waals surface area contributed by atoms with Gasteiger partial charge in [0.05, 0.1) is 0 Å². The minimum atomic E-state index is 0.112. The van der Waals surface area contributed by atoms with Gasteiger partial charge in [0.25, 0.3) is 0 Å². The summed E-state index contributed by atoms with van der Waals surface area (Å²) < 4.78 is 15.9. The van der Waals surface area contributed by atoms with E-state index in [-0.39, 0.29) is 5.91 Å². The third-order valence-corrected chi connectivity index (χ3v) is 3.67. The highest BCUT2D eigenvalue weighted by atomic mass is 16.7. The second-order valence-electron chi connectivity index (χ2n) is 5.22. The first-order valence-corrected chi connectivity index (χ1v) is 7.04.